The molecule has 0 N–H and O–H groups in total. The van der Waals surface area contributed by atoms with Crippen LogP contribution in [0, 0.1) is 13.7 Å². The molecule has 1 atom stereocenters. The third-order valence-electron chi connectivity index (χ3n) is 2.76. The Morgan fingerprint density at radius 3 is 2.48 bits per heavy atom. The lowest BCUT2D eigenvalue weighted by Gasteiger charge is -2.06. The van der Waals surface area contributed by atoms with Crippen LogP contribution in [0.4, 0.5) is 5.69 Å². The molecule has 0 aromatic heterocycles. The number of hydrogen-bond acceptors (Lipinski definition) is 3. The van der Waals surface area contributed by atoms with E-state index in [0.29, 0.717) is 11.3 Å². The second-order valence-electron chi connectivity index (χ2n) is 4.27. The van der Waals surface area contributed by atoms with Gasteiger partial charge in [-0.2, -0.15) is 0 Å². The zero-order valence-electron chi connectivity index (χ0n) is 10.9. The molecule has 2 aromatic carbocycles. The number of hydrogen-bond donors (Lipinski definition) is 0. The van der Waals surface area contributed by atoms with Crippen LogP contribution in [0.1, 0.15) is 11.1 Å². The number of rotatable bonds is 5. The predicted molar refractivity (Wildman–Crippen MR) is 93.1 cm³/mol. The molecule has 21 heavy (non-hydrogen) atoms. The fourth-order valence-corrected chi connectivity index (χ4v) is 3.01. The van der Waals surface area contributed by atoms with Crippen molar-refractivity contribution in [2.75, 3.05) is 0 Å². The van der Waals surface area contributed by atoms with Gasteiger partial charge >= 0.3 is 0 Å². The summed E-state index contributed by atoms with van der Waals surface area (Å²) in [5.74, 6) is 0.397. The first-order chi connectivity index (χ1) is 10.1. The van der Waals surface area contributed by atoms with Crippen molar-refractivity contribution < 1.29 is 9.48 Å². The largest absolute Gasteiger partial charge is 0.612 e. The molecule has 6 heteroatoms. The first-order valence-electron chi connectivity index (χ1n) is 6.09. The normalized spacial score (nSPS) is 12.5. The lowest BCUT2D eigenvalue weighted by molar-refractivity contribution is -0.385. The van der Waals surface area contributed by atoms with Crippen molar-refractivity contribution >= 4 is 45.5 Å². The van der Waals surface area contributed by atoms with Crippen molar-refractivity contribution in [2.24, 2.45) is 0 Å². The van der Waals surface area contributed by atoms with E-state index in [9.17, 15) is 14.7 Å². The number of nitro benzene ring substituents is 1. The Hall–Kier alpha value is -1.38. The standard InChI is InChI=1S/C15H12INO3S/c16-14-7-5-12(6-8-14)11-21(20)10-9-13-3-1-2-4-15(13)17(18)19/h1-10H,11H2/b10-9+. The predicted octanol–water partition coefficient (Wildman–Crippen LogP) is 4.12. The molecule has 0 saturated carbocycles. The molecule has 0 heterocycles. The van der Waals surface area contributed by atoms with E-state index < -0.39 is 16.1 Å². The molecule has 0 amide bonds. The molecule has 0 radical (unpaired) electrons. The van der Waals surface area contributed by atoms with Gasteiger partial charge in [0.2, 0.25) is 0 Å². The van der Waals surface area contributed by atoms with Crippen LogP contribution in [0.3, 0.4) is 0 Å². The smallest absolute Gasteiger partial charge is 0.276 e. The van der Waals surface area contributed by atoms with Gasteiger partial charge in [-0.1, -0.05) is 24.3 Å². The van der Waals surface area contributed by atoms with Gasteiger partial charge in [-0.25, -0.2) is 0 Å². The van der Waals surface area contributed by atoms with Crippen LogP contribution in [0.5, 0.6) is 0 Å². The summed E-state index contributed by atoms with van der Waals surface area (Å²) in [6.45, 7) is 0. The molecule has 0 bridgehead atoms. The van der Waals surface area contributed by atoms with Crippen LogP contribution in [0.2, 0.25) is 0 Å². The second-order valence-corrected chi connectivity index (χ2v) is 6.84. The van der Waals surface area contributed by atoms with E-state index in [4.69, 9.17) is 0 Å². The molecule has 108 valence electrons. The average Bonchev–Trinajstić information content (AvgIpc) is 2.48. The van der Waals surface area contributed by atoms with Gasteiger partial charge in [0.05, 0.1) is 10.5 Å². The maximum atomic E-state index is 12.0. The van der Waals surface area contributed by atoms with Crippen LogP contribution in [0.25, 0.3) is 6.08 Å². The summed E-state index contributed by atoms with van der Waals surface area (Å²) in [5, 5.41) is 12.4. The van der Waals surface area contributed by atoms with E-state index in [1.54, 1.807) is 24.3 Å². The maximum Gasteiger partial charge on any atom is 0.276 e. The Morgan fingerprint density at radius 2 is 1.81 bits per heavy atom. The molecule has 0 aliphatic heterocycles. The van der Waals surface area contributed by atoms with Crippen LogP contribution < -0.4 is 0 Å². The van der Waals surface area contributed by atoms with Crippen molar-refractivity contribution in [3.8, 4) is 0 Å². The van der Waals surface area contributed by atoms with Gasteiger partial charge in [0.15, 0.2) is 0 Å². The Labute approximate surface area is 139 Å². The molecular formula is C15H12INO3S. The summed E-state index contributed by atoms with van der Waals surface area (Å²) in [6, 6.07) is 14.2. The van der Waals surface area contributed by atoms with Crippen molar-refractivity contribution in [1.82, 2.24) is 0 Å². The van der Waals surface area contributed by atoms with Crippen LogP contribution in [0.15, 0.2) is 53.9 Å². The zero-order chi connectivity index (χ0) is 15.2. The molecule has 0 aliphatic carbocycles. The van der Waals surface area contributed by atoms with Crippen molar-refractivity contribution in [3.05, 3.63) is 78.8 Å². The number of para-hydroxylation sites is 1. The minimum Gasteiger partial charge on any atom is -0.612 e. The Kier molecular flexibility index (Phi) is 5.77. The summed E-state index contributed by atoms with van der Waals surface area (Å²) in [4.78, 5) is 10.4. The number of nitro groups is 1. The molecular weight excluding hydrogens is 401 g/mol. The van der Waals surface area contributed by atoms with Gasteiger partial charge in [0.1, 0.15) is 11.2 Å². The van der Waals surface area contributed by atoms with Gasteiger partial charge < -0.3 is 4.55 Å². The SMILES string of the molecule is O=[N+]([O-])c1ccccc1/C=C/[S+]([O-])Cc1ccc(I)cc1. The Bertz CT molecular complexity index is 658. The zero-order valence-corrected chi connectivity index (χ0v) is 13.9. The first kappa shape index (κ1) is 16.0. The van der Waals surface area contributed by atoms with Gasteiger partial charge in [0, 0.05) is 15.2 Å². The average molecular weight is 413 g/mol. The van der Waals surface area contributed by atoms with E-state index in [1.165, 1.54) is 11.5 Å². The summed E-state index contributed by atoms with van der Waals surface area (Å²) in [6.07, 6.45) is 1.54. The van der Waals surface area contributed by atoms with Crippen molar-refractivity contribution in [3.63, 3.8) is 0 Å². The molecule has 2 rings (SSSR count). The van der Waals surface area contributed by atoms with Crippen molar-refractivity contribution in [2.45, 2.75) is 5.75 Å². The lowest BCUT2D eigenvalue weighted by atomic mass is 10.2. The first-order valence-corrected chi connectivity index (χ1v) is 8.55. The minimum absolute atomic E-state index is 0.0139. The van der Waals surface area contributed by atoms with Gasteiger partial charge in [-0.3, -0.25) is 10.1 Å². The maximum absolute atomic E-state index is 12.0. The summed E-state index contributed by atoms with van der Waals surface area (Å²) < 4.78 is 13.1. The van der Waals surface area contributed by atoms with Gasteiger partial charge in [0.25, 0.3) is 5.69 Å². The fourth-order valence-electron chi connectivity index (χ4n) is 1.74. The van der Waals surface area contributed by atoms with E-state index in [0.717, 1.165) is 9.13 Å². The fraction of sp³-hybridized carbons (Fsp3) is 0.0667. The summed E-state index contributed by atoms with van der Waals surface area (Å²) in [5.41, 5.74) is 1.44. The minimum atomic E-state index is -1.21. The molecule has 1 unspecified atom stereocenters. The highest BCUT2D eigenvalue weighted by molar-refractivity contribution is 14.1. The monoisotopic (exact) mass is 413 g/mol. The topological polar surface area (TPSA) is 66.2 Å². The summed E-state index contributed by atoms with van der Waals surface area (Å²) in [7, 11) is 0. The highest BCUT2D eigenvalue weighted by atomic mass is 127. The molecule has 0 spiro atoms. The number of nitrogens with zero attached hydrogens (tertiary/aromatic N) is 1. The van der Waals surface area contributed by atoms with Crippen LogP contribution in [-0.4, -0.2) is 9.48 Å². The van der Waals surface area contributed by atoms with Crippen LogP contribution >= 0.6 is 22.6 Å². The molecule has 2 aromatic rings. The van der Waals surface area contributed by atoms with E-state index in [-0.39, 0.29) is 5.69 Å². The highest BCUT2D eigenvalue weighted by Gasteiger charge is 2.11. The lowest BCUT2D eigenvalue weighted by Crippen LogP contribution is -2.00. The third kappa shape index (κ3) is 4.83. The van der Waals surface area contributed by atoms with Crippen LogP contribution in [-0.2, 0) is 16.9 Å². The highest BCUT2D eigenvalue weighted by Crippen LogP contribution is 2.20. The quantitative estimate of drug-likeness (QED) is 0.321. The molecule has 0 aliphatic rings. The van der Waals surface area contributed by atoms with E-state index >= 15 is 0 Å². The molecule has 0 saturated heterocycles. The molecule has 0 fully saturated rings. The molecule has 4 nitrogen and oxygen atoms in total. The van der Waals surface area contributed by atoms with Crippen molar-refractivity contribution in [1.29, 1.82) is 0 Å². The Balaban J connectivity index is 2.07. The summed E-state index contributed by atoms with van der Waals surface area (Å²) >= 11 is 1.01. The number of benzene rings is 2. The van der Waals surface area contributed by atoms with E-state index in [1.807, 2.05) is 24.3 Å². The van der Waals surface area contributed by atoms with E-state index in [2.05, 4.69) is 22.6 Å². The third-order valence-corrected chi connectivity index (χ3v) is 4.53. The van der Waals surface area contributed by atoms with Gasteiger partial charge in [-0.15, -0.1) is 0 Å². The number of halogens is 1. The second kappa shape index (κ2) is 7.58. The van der Waals surface area contributed by atoms with Gasteiger partial charge in [-0.05, 0) is 58.0 Å². The Morgan fingerprint density at radius 1 is 1.14 bits per heavy atom.